The first-order valence-electron chi connectivity index (χ1n) is 5.63. The fourth-order valence-corrected chi connectivity index (χ4v) is 1.68. The van der Waals surface area contributed by atoms with Crippen LogP contribution in [-0.2, 0) is 24.7 Å². The van der Waals surface area contributed by atoms with E-state index in [9.17, 15) is 4.79 Å². The van der Waals surface area contributed by atoms with Gasteiger partial charge in [-0.1, -0.05) is 6.07 Å². The zero-order valence-electron chi connectivity index (χ0n) is 9.84. The summed E-state index contributed by atoms with van der Waals surface area (Å²) in [4.78, 5) is 20.1. The maximum absolute atomic E-state index is 11.7. The average molecular weight is 229 g/mol. The van der Waals surface area contributed by atoms with Crippen molar-refractivity contribution in [2.45, 2.75) is 19.3 Å². The van der Waals surface area contributed by atoms with Crippen molar-refractivity contribution in [3.8, 4) is 0 Å². The van der Waals surface area contributed by atoms with Crippen LogP contribution in [-0.4, -0.2) is 20.3 Å². The van der Waals surface area contributed by atoms with Gasteiger partial charge in [-0.05, 0) is 12.1 Å². The van der Waals surface area contributed by atoms with Crippen LogP contribution < -0.4 is 0 Å². The number of hydrogen-bond donors (Lipinski definition) is 0. The van der Waals surface area contributed by atoms with E-state index in [0.29, 0.717) is 19.3 Å². The van der Waals surface area contributed by atoms with E-state index in [0.717, 1.165) is 11.5 Å². The fraction of sp³-hybridized carbons (Fsp3) is 0.308. The Balaban J connectivity index is 1.84. The number of ketones is 1. The van der Waals surface area contributed by atoms with Gasteiger partial charge in [0.25, 0.3) is 0 Å². The van der Waals surface area contributed by atoms with E-state index in [1.54, 1.807) is 12.4 Å². The van der Waals surface area contributed by atoms with Crippen molar-refractivity contribution in [3.63, 3.8) is 0 Å². The van der Waals surface area contributed by atoms with Crippen LogP contribution in [0, 0.1) is 0 Å². The molecule has 0 aromatic carbocycles. The summed E-state index contributed by atoms with van der Waals surface area (Å²) in [7, 11) is 1.94. The monoisotopic (exact) mass is 229 g/mol. The molecule has 0 atom stereocenters. The number of pyridine rings is 1. The molecule has 0 radical (unpaired) electrons. The molecular formula is C13H15N3O. The number of carbonyl (C=O) groups excluding carboxylic acids is 1. The summed E-state index contributed by atoms with van der Waals surface area (Å²) in [5, 5.41) is 0. The van der Waals surface area contributed by atoms with Crippen LogP contribution in [0.3, 0.4) is 0 Å². The van der Waals surface area contributed by atoms with E-state index >= 15 is 0 Å². The zero-order chi connectivity index (χ0) is 12.1. The van der Waals surface area contributed by atoms with Crippen molar-refractivity contribution in [1.29, 1.82) is 0 Å². The molecule has 2 aromatic rings. The van der Waals surface area contributed by atoms with Gasteiger partial charge in [0.15, 0.2) is 0 Å². The predicted molar refractivity (Wildman–Crippen MR) is 64.5 cm³/mol. The van der Waals surface area contributed by atoms with Crippen molar-refractivity contribution in [2.75, 3.05) is 0 Å². The third-order valence-corrected chi connectivity index (χ3v) is 2.65. The van der Waals surface area contributed by atoms with Gasteiger partial charge in [0, 0.05) is 50.6 Å². The molecule has 0 aliphatic rings. The number of Topliss-reactive ketones (excluding diaryl/α,β-unsaturated/α-hetero) is 1. The van der Waals surface area contributed by atoms with Gasteiger partial charge >= 0.3 is 0 Å². The smallest absolute Gasteiger partial charge is 0.139 e. The van der Waals surface area contributed by atoms with Crippen LogP contribution >= 0.6 is 0 Å². The Hall–Kier alpha value is -1.97. The highest BCUT2D eigenvalue weighted by molar-refractivity contribution is 5.80. The average Bonchev–Trinajstić information content (AvgIpc) is 2.74. The minimum Gasteiger partial charge on any atom is -0.338 e. The first kappa shape index (κ1) is 11.5. The number of rotatable bonds is 5. The molecule has 17 heavy (non-hydrogen) atoms. The molecule has 0 N–H and O–H groups in total. The van der Waals surface area contributed by atoms with Gasteiger partial charge in [0.1, 0.15) is 11.6 Å². The Morgan fingerprint density at radius 3 is 2.82 bits per heavy atom. The van der Waals surface area contributed by atoms with Gasteiger partial charge in [-0.25, -0.2) is 4.98 Å². The first-order chi connectivity index (χ1) is 8.25. The van der Waals surface area contributed by atoms with E-state index in [-0.39, 0.29) is 5.78 Å². The molecule has 0 fully saturated rings. The summed E-state index contributed by atoms with van der Waals surface area (Å²) in [6.07, 6.45) is 6.96. The number of aromatic nitrogens is 3. The van der Waals surface area contributed by atoms with Crippen LogP contribution in [0.5, 0.6) is 0 Å². The normalized spacial score (nSPS) is 10.4. The van der Waals surface area contributed by atoms with Crippen LogP contribution in [0.25, 0.3) is 0 Å². The lowest BCUT2D eigenvalue weighted by Crippen LogP contribution is -2.07. The highest BCUT2D eigenvalue weighted by Gasteiger charge is 2.07. The summed E-state index contributed by atoms with van der Waals surface area (Å²) < 4.78 is 1.94. The topological polar surface area (TPSA) is 47.8 Å². The number of aryl methyl sites for hydroxylation is 2. The molecule has 0 bridgehead atoms. The Labute approximate surface area is 100 Å². The summed E-state index contributed by atoms with van der Waals surface area (Å²) in [6.45, 7) is 0. The molecule has 0 spiro atoms. The summed E-state index contributed by atoms with van der Waals surface area (Å²) in [5.74, 6) is 1.14. The summed E-state index contributed by atoms with van der Waals surface area (Å²) >= 11 is 0. The third kappa shape index (κ3) is 3.24. The highest BCUT2D eigenvalue weighted by Crippen LogP contribution is 2.03. The van der Waals surface area contributed by atoms with Gasteiger partial charge in [0.05, 0.1) is 0 Å². The number of imidazole rings is 1. The molecule has 2 heterocycles. The van der Waals surface area contributed by atoms with Gasteiger partial charge in [-0.3, -0.25) is 9.78 Å². The number of nitrogens with zero attached hydrogens (tertiary/aromatic N) is 3. The fourth-order valence-electron chi connectivity index (χ4n) is 1.68. The molecule has 2 rings (SSSR count). The minimum atomic E-state index is 0.201. The molecule has 0 aliphatic heterocycles. The van der Waals surface area contributed by atoms with Crippen molar-refractivity contribution in [3.05, 3.63) is 48.3 Å². The van der Waals surface area contributed by atoms with E-state index in [2.05, 4.69) is 9.97 Å². The SMILES string of the molecule is Cn1ccnc1CCC(=O)Cc1ccccn1. The van der Waals surface area contributed by atoms with E-state index in [1.807, 2.05) is 36.0 Å². The lowest BCUT2D eigenvalue weighted by molar-refractivity contribution is -0.118. The Morgan fingerprint density at radius 1 is 1.29 bits per heavy atom. The first-order valence-corrected chi connectivity index (χ1v) is 5.63. The van der Waals surface area contributed by atoms with Crippen LogP contribution in [0.15, 0.2) is 36.8 Å². The van der Waals surface area contributed by atoms with E-state index < -0.39 is 0 Å². The molecule has 4 nitrogen and oxygen atoms in total. The van der Waals surface area contributed by atoms with E-state index in [4.69, 9.17) is 0 Å². The molecule has 0 saturated heterocycles. The van der Waals surface area contributed by atoms with Crippen molar-refractivity contribution < 1.29 is 4.79 Å². The maximum atomic E-state index is 11.7. The number of hydrogen-bond acceptors (Lipinski definition) is 3. The predicted octanol–water partition coefficient (Wildman–Crippen LogP) is 1.56. The molecule has 88 valence electrons. The zero-order valence-corrected chi connectivity index (χ0v) is 9.84. The quantitative estimate of drug-likeness (QED) is 0.781. The van der Waals surface area contributed by atoms with Gasteiger partial charge < -0.3 is 4.57 Å². The van der Waals surface area contributed by atoms with Gasteiger partial charge in [-0.15, -0.1) is 0 Å². The lowest BCUT2D eigenvalue weighted by atomic mass is 10.1. The second kappa shape index (κ2) is 5.39. The molecule has 0 saturated carbocycles. The second-order valence-corrected chi connectivity index (χ2v) is 3.99. The third-order valence-electron chi connectivity index (χ3n) is 2.65. The van der Waals surface area contributed by atoms with Crippen molar-refractivity contribution in [2.24, 2.45) is 7.05 Å². The molecular weight excluding hydrogens is 214 g/mol. The molecule has 0 unspecified atom stereocenters. The number of carbonyl (C=O) groups is 1. The van der Waals surface area contributed by atoms with Crippen molar-refractivity contribution in [1.82, 2.24) is 14.5 Å². The largest absolute Gasteiger partial charge is 0.338 e. The van der Waals surface area contributed by atoms with Crippen LogP contribution in [0.2, 0.25) is 0 Å². The van der Waals surface area contributed by atoms with Crippen molar-refractivity contribution >= 4 is 5.78 Å². The Morgan fingerprint density at radius 2 is 2.18 bits per heavy atom. The Kier molecular flexibility index (Phi) is 3.65. The molecule has 2 aromatic heterocycles. The van der Waals surface area contributed by atoms with Gasteiger partial charge in [0.2, 0.25) is 0 Å². The van der Waals surface area contributed by atoms with Crippen LogP contribution in [0.4, 0.5) is 0 Å². The van der Waals surface area contributed by atoms with Gasteiger partial charge in [-0.2, -0.15) is 0 Å². The standard InChI is InChI=1S/C13H15N3O/c1-16-9-8-15-13(16)6-5-12(17)10-11-4-2-3-7-14-11/h2-4,7-9H,5-6,10H2,1H3. The lowest BCUT2D eigenvalue weighted by Gasteiger charge is -2.01. The molecule has 4 heteroatoms. The molecule has 0 amide bonds. The minimum absolute atomic E-state index is 0.201. The Bertz CT molecular complexity index is 490. The second-order valence-electron chi connectivity index (χ2n) is 3.99. The summed E-state index contributed by atoms with van der Waals surface area (Å²) in [6, 6.07) is 5.62. The summed E-state index contributed by atoms with van der Waals surface area (Å²) in [5.41, 5.74) is 0.831. The van der Waals surface area contributed by atoms with Crippen LogP contribution in [0.1, 0.15) is 17.9 Å². The maximum Gasteiger partial charge on any atom is 0.139 e. The highest BCUT2D eigenvalue weighted by atomic mass is 16.1. The molecule has 0 aliphatic carbocycles. The van der Waals surface area contributed by atoms with E-state index in [1.165, 1.54) is 0 Å².